The van der Waals surface area contributed by atoms with Crippen LogP contribution in [0.25, 0.3) is 0 Å². The molecule has 0 aromatic carbocycles. The Hall–Kier alpha value is -1.32. The molecule has 2 saturated carbocycles. The molecule has 0 saturated heterocycles. The Labute approximate surface area is 119 Å². The fraction of sp³-hybridized carbons (Fsp3) is 0.750. The first-order valence-corrected chi connectivity index (χ1v) is 7.80. The summed E-state index contributed by atoms with van der Waals surface area (Å²) in [4.78, 5) is 23.7. The van der Waals surface area contributed by atoms with Crippen molar-refractivity contribution in [3.63, 3.8) is 0 Å². The lowest BCUT2D eigenvalue weighted by Gasteiger charge is -2.38. The second-order valence-electron chi connectivity index (χ2n) is 6.79. The van der Waals surface area contributed by atoms with E-state index in [1.807, 2.05) is 0 Å². The fourth-order valence-electron chi connectivity index (χ4n) is 4.30. The number of hydrogen-bond donors (Lipinski definition) is 2. The molecule has 2 N–H and O–H groups in total. The van der Waals surface area contributed by atoms with E-state index in [-0.39, 0.29) is 18.2 Å². The second kappa shape index (κ2) is 5.23. The maximum Gasteiger partial charge on any atom is 0.305 e. The van der Waals surface area contributed by atoms with Crippen LogP contribution in [0.2, 0.25) is 0 Å². The van der Waals surface area contributed by atoms with Gasteiger partial charge in [0.15, 0.2) is 0 Å². The van der Waals surface area contributed by atoms with Crippen LogP contribution in [-0.4, -0.2) is 22.5 Å². The summed E-state index contributed by atoms with van der Waals surface area (Å²) in [6.07, 6.45) is 11.3. The van der Waals surface area contributed by atoms with Crippen molar-refractivity contribution in [3.05, 3.63) is 12.2 Å². The molecule has 3 atom stereocenters. The molecule has 0 radical (unpaired) electrons. The number of aliphatic carboxylic acids is 1. The number of carbonyl (C=O) groups excluding carboxylic acids is 1. The molecule has 0 spiro atoms. The van der Waals surface area contributed by atoms with Crippen LogP contribution in [0.3, 0.4) is 0 Å². The SMILES string of the molecule is O=C(O)CC1(NC(=O)C2CC3C=CC2C3)CCCCC1. The number of rotatable bonds is 4. The average molecular weight is 277 g/mol. The van der Waals surface area contributed by atoms with E-state index in [2.05, 4.69) is 17.5 Å². The average Bonchev–Trinajstić information content (AvgIpc) is 3.00. The normalized spacial score (nSPS) is 34.1. The molecule has 0 heterocycles. The Balaban J connectivity index is 1.68. The fourth-order valence-corrected chi connectivity index (χ4v) is 4.30. The van der Waals surface area contributed by atoms with E-state index in [9.17, 15) is 9.59 Å². The summed E-state index contributed by atoms with van der Waals surface area (Å²) in [6.45, 7) is 0. The van der Waals surface area contributed by atoms with Crippen molar-refractivity contribution in [1.82, 2.24) is 5.32 Å². The number of fused-ring (bicyclic) bond motifs is 2. The minimum atomic E-state index is -0.806. The molecule has 4 nitrogen and oxygen atoms in total. The van der Waals surface area contributed by atoms with Crippen LogP contribution >= 0.6 is 0 Å². The minimum absolute atomic E-state index is 0.0649. The summed E-state index contributed by atoms with van der Waals surface area (Å²) in [7, 11) is 0. The largest absolute Gasteiger partial charge is 0.481 e. The Morgan fingerprint density at radius 1 is 1.15 bits per heavy atom. The van der Waals surface area contributed by atoms with E-state index in [4.69, 9.17) is 5.11 Å². The van der Waals surface area contributed by atoms with Gasteiger partial charge in [0.1, 0.15) is 0 Å². The van der Waals surface area contributed by atoms with Crippen LogP contribution in [0.4, 0.5) is 0 Å². The Morgan fingerprint density at radius 2 is 1.90 bits per heavy atom. The molecular formula is C16H23NO3. The summed E-state index contributed by atoms with van der Waals surface area (Å²) in [5.41, 5.74) is -0.493. The van der Waals surface area contributed by atoms with Crippen molar-refractivity contribution < 1.29 is 14.7 Å². The summed E-state index contributed by atoms with van der Waals surface area (Å²) in [6, 6.07) is 0. The molecule has 0 aliphatic heterocycles. The highest BCUT2D eigenvalue weighted by Crippen LogP contribution is 2.44. The highest BCUT2D eigenvalue weighted by Gasteiger charge is 2.43. The number of hydrogen-bond acceptors (Lipinski definition) is 2. The van der Waals surface area contributed by atoms with E-state index in [0.29, 0.717) is 11.8 Å². The maximum atomic E-state index is 12.6. The van der Waals surface area contributed by atoms with Gasteiger partial charge in [-0.15, -0.1) is 0 Å². The number of carboxylic acids is 1. The summed E-state index contributed by atoms with van der Waals surface area (Å²) >= 11 is 0. The Bertz CT molecular complexity index is 437. The van der Waals surface area contributed by atoms with Gasteiger partial charge in [0, 0.05) is 5.92 Å². The number of carbonyl (C=O) groups is 2. The highest BCUT2D eigenvalue weighted by molar-refractivity contribution is 5.81. The van der Waals surface area contributed by atoms with Crippen LogP contribution in [0, 0.1) is 17.8 Å². The second-order valence-corrected chi connectivity index (χ2v) is 6.79. The minimum Gasteiger partial charge on any atom is -0.481 e. The van der Waals surface area contributed by atoms with Crippen molar-refractivity contribution >= 4 is 11.9 Å². The first-order chi connectivity index (χ1) is 9.58. The van der Waals surface area contributed by atoms with Gasteiger partial charge in [-0.05, 0) is 37.5 Å². The molecule has 4 heteroatoms. The van der Waals surface area contributed by atoms with Gasteiger partial charge >= 0.3 is 5.97 Å². The van der Waals surface area contributed by atoms with Gasteiger partial charge in [-0.2, -0.15) is 0 Å². The zero-order chi connectivity index (χ0) is 14.2. The monoisotopic (exact) mass is 277 g/mol. The van der Waals surface area contributed by atoms with E-state index >= 15 is 0 Å². The zero-order valence-electron chi connectivity index (χ0n) is 11.8. The van der Waals surface area contributed by atoms with Gasteiger partial charge in [0.25, 0.3) is 0 Å². The van der Waals surface area contributed by atoms with Crippen LogP contribution in [0.15, 0.2) is 12.2 Å². The third-order valence-corrected chi connectivity index (χ3v) is 5.30. The third kappa shape index (κ3) is 2.60. The number of carboxylic acid groups (broad SMARTS) is 1. The van der Waals surface area contributed by atoms with E-state index in [0.717, 1.165) is 44.9 Å². The van der Waals surface area contributed by atoms with Gasteiger partial charge in [-0.25, -0.2) is 0 Å². The topological polar surface area (TPSA) is 66.4 Å². The Kier molecular flexibility index (Phi) is 3.57. The standard InChI is InChI=1S/C16H23NO3/c18-14(19)10-16(6-2-1-3-7-16)17-15(20)13-9-11-4-5-12(13)8-11/h4-5,11-13H,1-3,6-10H2,(H,17,20)(H,18,19). The quantitative estimate of drug-likeness (QED) is 0.776. The lowest BCUT2D eigenvalue weighted by molar-refractivity contribution is -0.140. The van der Waals surface area contributed by atoms with E-state index in [1.165, 1.54) is 0 Å². The molecule has 1 amide bonds. The lowest BCUT2D eigenvalue weighted by Crippen LogP contribution is -2.53. The summed E-state index contributed by atoms with van der Waals surface area (Å²) in [5, 5.41) is 12.3. The van der Waals surface area contributed by atoms with E-state index in [1.54, 1.807) is 0 Å². The van der Waals surface area contributed by atoms with E-state index < -0.39 is 11.5 Å². The molecule has 0 aromatic rings. The molecule has 3 aliphatic carbocycles. The van der Waals surface area contributed by atoms with Crippen LogP contribution < -0.4 is 5.32 Å². The number of amides is 1. The summed E-state index contributed by atoms with van der Waals surface area (Å²) < 4.78 is 0. The Morgan fingerprint density at radius 3 is 2.45 bits per heavy atom. The van der Waals surface area contributed by atoms with Crippen LogP contribution in [0.5, 0.6) is 0 Å². The smallest absolute Gasteiger partial charge is 0.305 e. The highest BCUT2D eigenvalue weighted by atomic mass is 16.4. The van der Waals surface area contributed by atoms with Gasteiger partial charge in [0.2, 0.25) is 5.91 Å². The van der Waals surface area contributed by atoms with Gasteiger partial charge < -0.3 is 10.4 Å². The summed E-state index contributed by atoms with van der Waals surface area (Å²) in [5.74, 6) is 0.297. The molecule has 0 aromatic heterocycles. The van der Waals surface area contributed by atoms with Crippen molar-refractivity contribution in [2.45, 2.75) is 56.9 Å². The van der Waals surface area contributed by atoms with Crippen molar-refractivity contribution in [3.8, 4) is 0 Å². The molecule has 110 valence electrons. The molecule has 3 rings (SSSR count). The van der Waals surface area contributed by atoms with Crippen molar-refractivity contribution in [2.24, 2.45) is 17.8 Å². The van der Waals surface area contributed by atoms with Gasteiger partial charge in [-0.3, -0.25) is 9.59 Å². The van der Waals surface area contributed by atoms with Crippen molar-refractivity contribution in [2.75, 3.05) is 0 Å². The molecule has 3 aliphatic rings. The molecule has 2 bridgehead atoms. The zero-order valence-corrected chi connectivity index (χ0v) is 11.8. The van der Waals surface area contributed by atoms with Crippen molar-refractivity contribution in [1.29, 1.82) is 0 Å². The predicted molar refractivity (Wildman–Crippen MR) is 75.1 cm³/mol. The third-order valence-electron chi connectivity index (χ3n) is 5.30. The lowest BCUT2D eigenvalue weighted by atomic mass is 9.78. The molecule has 3 unspecified atom stereocenters. The van der Waals surface area contributed by atoms with Crippen LogP contribution in [-0.2, 0) is 9.59 Å². The maximum absolute atomic E-state index is 12.6. The van der Waals surface area contributed by atoms with Gasteiger partial charge in [0.05, 0.1) is 12.0 Å². The van der Waals surface area contributed by atoms with Gasteiger partial charge in [-0.1, -0.05) is 31.4 Å². The number of allylic oxidation sites excluding steroid dienone is 2. The molecule has 20 heavy (non-hydrogen) atoms. The van der Waals surface area contributed by atoms with Crippen LogP contribution in [0.1, 0.15) is 51.4 Å². The first kappa shape index (κ1) is 13.7. The predicted octanol–water partition coefficient (Wildman–Crippen LogP) is 2.49. The number of nitrogens with one attached hydrogen (secondary N) is 1. The molecule has 2 fully saturated rings. The molecular weight excluding hydrogens is 254 g/mol. The first-order valence-electron chi connectivity index (χ1n) is 7.80.